The summed E-state index contributed by atoms with van der Waals surface area (Å²) in [6.45, 7) is 6.46. The van der Waals surface area contributed by atoms with E-state index in [1.54, 1.807) is 11.8 Å². The summed E-state index contributed by atoms with van der Waals surface area (Å²) < 4.78 is 1.10. The molecule has 17 heavy (non-hydrogen) atoms. The van der Waals surface area contributed by atoms with Crippen molar-refractivity contribution < 1.29 is 0 Å². The number of nitrogens with one attached hydrogen (secondary N) is 1. The number of hydrogen-bond acceptors (Lipinski definition) is 3. The third kappa shape index (κ3) is 3.75. The van der Waals surface area contributed by atoms with E-state index in [1.165, 1.54) is 5.56 Å². The number of aliphatic imine (C=N–C) groups is 1. The molecular formula is C13H17BrN2S. The summed E-state index contributed by atoms with van der Waals surface area (Å²) in [6.07, 6.45) is 1.14. The molecule has 1 aromatic rings. The van der Waals surface area contributed by atoms with E-state index in [0.717, 1.165) is 27.5 Å². The Morgan fingerprint density at radius 3 is 2.76 bits per heavy atom. The van der Waals surface area contributed by atoms with Gasteiger partial charge in [-0.1, -0.05) is 27.7 Å². The highest BCUT2D eigenvalue weighted by Crippen LogP contribution is 2.27. The van der Waals surface area contributed by atoms with Crippen LogP contribution in [0.15, 0.2) is 27.7 Å². The molecule has 0 aromatic heterocycles. The van der Waals surface area contributed by atoms with Crippen LogP contribution in [-0.2, 0) is 0 Å². The number of hydrogen-bond donors (Lipinski definition) is 1. The summed E-state index contributed by atoms with van der Waals surface area (Å²) in [6, 6.07) is 6.32. The number of aryl methyl sites for hydroxylation is 1. The fraction of sp³-hybridized carbons (Fsp3) is 0.462. The van der Waals surface area contributed by atoms with Gasteiger partial charge in [0.15, 0.2) is 5.17 Å². The van der Waals surface area contributed by atoms with E-state index in [0.29, 0.717) is 0 Å². The van der Waals surface area contributed by atoms with Gasteiger partial charge in [-0.05, 0) is 51.0 Å². The second kappa shape index (κ2) is 5.02. The summed E-state index contributed by atoms with van der Waals surface area (Å²) in [5.74, 6) is 1.13. The van der Waals surface area contributed by atoms with Crippen molar-refractivity contribution in [2.75, 3.05) is 11.1 Å². The Morgan fingerprint density at radius 2 is 2.12 bits per heavy atom. The summed E-state index contributed by atoms with van der Waals surface area (Å²) >= 11 is 5.31. The van der Waals surface area contributed by atoms with Gasteiger partial charge in [0.25, 0.3) is 0 Å². The first-order valence-corrected chi connectivity index (χ1v) is 7.49. The average molecular weight is 313 g/mol. The summed E-state index contributed by atoms with van der Waals surface area (Å²) in [5.41, 5.74) is 2.40. The van der Waals surface area contributed by atoms with Crippen LogP contribution in [-0.4, -0.2) is 16.5 Å². The first-order chi connectivity index (χ1) is 7.94. The minimum absolute atomic E-state index is 0.0641. The monoisotopic (exact) mass is 312 g/mol. The number of nitrogens with zero attached hydrogens (tertiary/aromatic N) is 1. The van der Waals surface area contributed by atoms with E-state index in [2.05, 4.69) is 60.2 Å². The molecule has 0 saturated carbocycles. The first kappa shape index (κ1) is 13.0. The van der Waals surface area contributed by atoms with Gasteiger partial charge in [0, 0.05) is 15.9 Å². The largest absolute Gasteiger partial charge is 0.335 e. The van der Waals surface area contributed by atoms with Crippen LogP contribution in [0.2, 0.25) is 0 Å². The van der Waals surface area contributed by atoms with Gasteiger partial charge in [0.2, 0.25) is 0 Å². The van der Waals surface area contributed by atoms with Gasteiger partial charge >= 0.3 is 0 Å². The Bertz CT molecular complexity index is 434. The highest BCUT2D eigenvalue weighted by Gasteiger charge is 2.22. The van der Waals surface area contributed by atoms with Crippen LogP contribution in [0.25, 0.3) is 0 Å². The Hall–Kier alpha value is -0.480. The van der Waals surface area contributed by atoms with E-state index in [9.17, 15) is 0 Å². The molecule has 4 heteroatoms. The molecular weight excluding hydrogens is 296 g/mol. The number of rotatable bonds is 1. The van der Waals surface area contributed by atoms with Crippen molar-refractivity contribution in [2.24, 2.45) is 4.99 Å². The molecule has 1 aromatic carbocycles. The lowest BCUT2D eigenvalue weighted by Crippen LogP contribution is -2.27. The molecule has 0 fully saturated rings. The van der Waals surface area contributed by atoms with Crippen LogP contribution < -0.4 is 5.32 Å². The van der Waals surface area contributed by atoms with E-state index >= 15 is 0 Å². The minimum atomic E-state index is 0.0641. The van der Waals surface area contributed by atoms with Gasteiger partial charge in [-0.2, -0.15) is 0 Å². The number of benzene rings is 1. The van der Waals surface area contributed by atoms with Gasteiger partial charge in [-0.25, -0.2) is 0 Å². The molecule has 0 unspecified atom stereocenters. The highest BCUT2D eigenvalue weighted by atomic mass is 79.9. The molecule has 1 heterocycles. The smallest absolute Gasteiger partial charge is 0.161 e. The van der Waals surface area contributed by atoms with Gasteiger partial charge in [-0.15, -0.1) is 0 Å². The zero-order valence-corrected chi connectivity index (χ0v) is 12.8. The lowest BCUT2D eigenvalue weighted by Gasteiger charge is -2.26. The maximum absolute atomic E-state index is 4.72. The zero-order valence-electron chi connectivity index (χ0n) is 10.4. The molecule has 0 amide bonds. The molecule has 0 saturated heterocycles. The van der Waals surface area contributed by atoms with Gasteiger partial charge in [0.05, 0.1) is 5.54 Å². The van der Waals surface area contributed by atoms with E-state index in [4.69, 9.17) is 4.99 Å². The second-order valence-electron chi connectivity index (χ2n) is 4.97. The molecule has 0 spiro atoms. The summed E-state index contributed by atoms with van der Waals surface area (Å²) in [7, 11) is 0. The molecule has 0 atom stereocenters. The van der Waals surface area contributed by atoms with E-state index < -0.39 is 0 Å². The lowest BCUT2D eigenvalue weighted by atomic mass is 10.0. The molecule has 0 bridgehead atoms. The standard InChI is InChI=1S/C13H17BrN2S/c1-9-6-10(14)8-11(7-9)15-12-16-13(2,3)4-5-17-12/h6-8H,4-5H2,1-3H3,(H,15,16). The van der Waals surface area contributed by atoms with Gasteiger partial charge in [0.1, 0.15) is 0 Å². The van der Waals surface area contributed by atoms with Crippen molar-refractivity contribution in [3.05, 3.63) is 28.2 Å². The Kier molecular flexibility index (Phi) is 3.83. The molecule has 1 aliphatic heterocycles. The topological polar surface area (TPSA) is 24.4 Å². The molecule has 0 radical (unpaired) electrons. The summed E-state index contributed by atoms with van der Waals surface area (Å²) in [4.78, 5) is 4.72. The zero-order chi connectivity index (χ0) is 12.5. The average Bonchev–Trinajstić information content (AvgIpc) is 2.13. The maximum atomic E-state index is 4.72. The number of halogens is 1. The maximum Gasteiger partial charge on any atom is 0.161 e. The SMILES string of the molecule is Cc1cc(Br)cc(NC2=NC(C)(C)CCS2)c1. The van der Waals surface area contributed by atoms with Crippen molar-refractivity contribution in [1.29, 1.82) is 0 Å². The van der Waals surface area contributed by atoms with E-state index in [1.807, 2.05) is 0 Å². The van der Waals surface area contributed by atoms with Crippen LogP contribution in [0.3, 0.4) is 0 Å². The van der Waals surface area contributed by atoms with Crippen LogP contribution in [0.5, 0.6) is 0 Å². The normalized spacial score (nSPS) is 18.7. The van der Waals surface area contributed by atoms with Crippen LogP contribution in [0, 0.1) is 6.92 Å². The quantitative estimate of drug-likeness (QED) is 0.829. The highest BCUT2D eigenvalue weighted by molar-refractivity contribution is 9.10. The van der Waals surface area contributed by atoms with Gasteiger partial charge in [-0.3, -0.25) is 4.99 Å². The molecule has 0 aliphatic carbocycles. The van der Waals surface area contributed by atoms with Crippen molar-refractivity contribution in [2.45, 2.75) is 32.7 Å². The van der Waals surface area contributed by atoms with Gasteiger partial charge < -0.3 is 5.32 Å². The van der Waals surface area contributed by atoms with Crippen LogP contribution in [0.4, 0.5) is 5.69 Å². The first-order valence-electron chi connectivity index (χ1n) is 5.71. The number of thioether (sulfide) groups is 1. The number of amidine groups is 1. The van der Waals surface area contributed by atoms with Crippen molar-refractivity contribution in [3.8, 4) is 0 Å². The van der Waals surface area contributed by atoms with Crippen molar-refractivity contribution in [3.63, 3.8) is 0 Å². The van der Waals surface area contributed by atoms with Crippen molar-refractivity contribution >= 4 is 38.5 Å². The predicted molar refractivity (Wildman–Crippen MR) is 81.1 cm³/mol. The molecule has 1 aliphatic rings. The lowest BCUT2D eigenvalue weighted by molar-refractivity contribution is 0.507. The number of anilines is 1. The molecule has 2 nitrogen and oxygen atoms in total. The fourth-order valence-electron chi connectivity index (χ4n) is 1.76. The molecule has 1 N–H and O–H groups in total. The van der Waals surface area contributed by atoms with E-state index in [-0.39, 0.29) is 5.54 Å². The third-order valence-electron chi connectivity index (χ3n) is 2.65. The molecule has 92 valence electrons. The third-order valence-corrected chi connectivity index (χ3v) is 3.98. The summed E-state index contributed by atoms with van der Waals surface area (Å²) in [5, 5.41) is 4.43. The van der Waals surface area contributed by atoms with Crippen molar-refractivity contribution in [1.82, 2.24) is 0 Å². The van der Waals surface area contributed by atoms with Crippen LogP contribution in [0.1, 0.15) is 25.8 Å². The minimum Gasteiger partial charge on any atom is -0.335 e. The Balaban J connectivity index is 2.18. The second-order valence-corrected chi connectivity index (χ2v) is 6.97. The van der Waals surface area contributed by atoms with Crippen LogP contribution >= 0.6 is 27.7 Å². The predicted octanol–water partition coefficient (Wildman–Crippen LogP) is 4.44. The Labute approximate surface area is 115 Å². The molecule has 2 rings (SSSR count). The Morgan fingerprint density at radius 1 is 1.35 bits per heavy atom. The fourth-order valence-corrected chi connectivity index (χ4v) is 3.66.